The Morgan fingerprint density at radius 3 is 2.71 bits per heavy atom. The number of hydrogen-bond donors (Lipinski definition) is 0. The van der Waals surface area contributed by atoms with E-state index >= 15 is 0 Å². The van der Waals surface area contributed by atoms with Gasteiger partial charge < -0.3 is 4.90 Å². The molecule has 4 heteroatoms. The van der Waals surface area contributed by atoms with E-state index in [0.29, 0.717) is 23.6 Å². The molecule has 0 fully saturated rings. The van der Waals surface area contributed by atoms with Gasteiger partial charge in [0, 0.05) is 24.3 Å². The highest BCUT2D eigenvalue weighted by molar-refractivity contribution is 6.34. The Labute approximate surface area is 107 Å². The van der Waals surface area contributed by atoms with Crippen molar-refractivity contribution in [1.29, 1.82) is 5.26 Å². The van der Waals surface area contributed by atoms with E-state index in [1.165, 1.54) is 6.92 Å². The highest BCUT2D eigenvalue weighted by Gasteiger charge is 2.09. The third-order valence-electron chi connectivity index (χ3n) is 2.57. The number of rotatable bonds is 5. The highest BCUT2D eigenvalue weighted by atomic mass is 35.5. The molecule has 0 radical (unpaired) electrons. The molecule has 17 heavy (non-hydrogen) atoms. The number of benzene rings is 1. The molecular formula is C13H15ClN2O. The second-order valence-electron chi connectivity index (χ2n) is 3.71. The van der Waals surface area contributed by atoms with Crippen molar-refractivity contribution < 1.29 is 4.79 Å². The van der Waals surface area contributed by atoms with Crippen LogP contribution in [0.3, 0.4) is 0 Å². The minimum atomic E-state index is -0.0402. The quantitative estimate of drug-likeness (QED) is 0.754. The van der Waals surface area contributed by atoms with E-state index in [0.717, 1.165) is 12.2 Å². The number of ketones is 1. The van der Waals surface area contributed by atoms with Gasteiger partial charge in [0.1, 0.15) is 0 Å². The number of hydrogen-bond acceptors (Lipinski definition) is 3. The van der Waals surface area contributed by atoms with Crippen LogP contribution in [0.25, 0.3) is 0 Å². The van der Waals surface area contributed by atoms with Crippen molar-refractivity contribution in [1.82, 2.24) is 0 Å². The summed E-state index contributed by atoms with van der Waals surface area (Å²) in [4.78, 5) is 13.3. The van der Waals surface area contributed by atoms with E-state index in [1.54, 1.807) is 12.1 Å². The smallest absolute Gasteiger partial charge is 0.161 e. The molecule has 0 amide bonds. The van der Waals surface area contributed by atoms with Crippen molar-refractivity contribution in [2.24, 2.45) is 0 Å². The van der Waals surface area contributed by atoms with E-state index < -0.39 is 0 Å². The average Bonchev–Trinajstić information content (AvgIpc) is 2.29. The number of carbonyl (C=O) groups excluding carboxylic acids is 1. The lowest BCUT2D eigenvalue weighted by Gasteiger charge is -2.22. The number of halogens is 1. The first-order chi connectivity index (χ1) is 8.10. The van der Waals surface area contributed by atoms with Crippen LogP contribution in [0.15, 0.2) is 18.2 Å². The van der Waals surface area contributed by atoms with Crippen molar-refractivity contribution >= 4 is 23.1 Å². The molecule has 0 aliphatic heterocycles. The molecule has 0 bridgehead atoms. The van der Waals surface area contributed by atoms with Crippen LogP contribution in [-0.2, 0) is 0 Å². The van der Waals surface area contributed by atoms with Gasteiger partial charge in [-0.2, -0.15) is 5.26 Å². The molecule has 0 heterocycles. The van der Waals surface area contributed by atoms with Crippen molar-refractivity contribution in [3.63, 3.8) is 0 Å². The SMILES string of the molecule is CCN(CCC#N)c1ccc(C(C)=O)c(Cl)c1. The first-order valence-corrected chi connectivity index (χ1v) is 5.90. The zero-order valence-corrected chi connectivity index (χ0v) is 10.8. The van der Waals surface area contributed by atoms with Gasteiger partial charge in [-0.15, -0.1) is 0 Å². The Bertz CT molecular complexity index is 451. The summed E-state index contributed by atoms with van der Waals surface area (Å²) in [6.45, 7) is 4.98. The molecule has 0 aliphatic rings. The van der Waals surface area contributed by atoms with Crippen LogP contribution in [-0.4, -0.2) is 18.9 Å². The van der Waals surface area contributed by atoms with Gasteiger partial charge in [0.05, 0.1) is 17.5 Å². The zero-order valence-electron chi connectivity index (χ0n) is 10.0. The first-order valence-electron chi connectivity index (χ1n) is 5.52. The predicted molar refractivity (Wildman–Crippen MR) is 69.6 cm³/mol. The van der Waals surface area contributed by atoms with Crippen molar-refractivity contribution in [2.45, 2.75) is 20.3 Å². The fourth-order valence-electron chi connectivity index (χ4n) is 1.64. The van der Waals surface area contributed by atoms with Crippen LogP contribution in [0.1, 0.15) is 30.6 Å². The Morgan fingerprint density at radius 1 is 1.53 bits per heavy atom. The maximum atomic E-state index is 11.2. The Balaban J connectivity index is 2.95. The lowest BCUT2D eigenvalue weighted by atomic mass is 10.1. The Hall–Kier alpha value is -1.53. The maximum absolute atomic E-state index is 11.2. The summed E-state index contributed by atoms with van der Waals surface area (Å²) in [7, 11) is 0. The molecule has 0 spiro atoms. The number of Topliss-reactive ketones (excluding diaryl/α,β-unsaturated/α-hetero) is 1. The summed E-state index contributed by atoms with van der Waals surface area (Å²) in [6.07, 6.45) is 0.472. The second kappa shape index (κ2) is 6.27. The van der Waals surface area contributed by atoms with Gasteiger partial charge in [0.15, 0.2) is 5.78 Å². The van der Waals surface area contributed by atoms with Crippen LogP contribution >= 0.6 is 11.6 Å². The topological polar surface area (TPSA) is 44.1 Å². The van der Waals surface area contributed by atoms with E-state index in [4.69, 9.17) is 16.9 Å². The number of carbonyl (C=O) groups is 1. The highest BCUT2D eigenvalue weighted by Crippen LogP contribution is 2.24. The molecule has 3 nitrogen and oxygen atoms in total. The molecule has 0 N–H and O–H groups in total. The van der Waals surface area contributed by atoms with E-state index in [-0.39, 0.29) is 5.78 Å². The largest absolute Gasteiger partial charge is 0.371 e. The minimum Gasteiger partial charge on any atom is -0.371 e. The molecular weight excluding hydrogens is 236 g/mol. The van der Waals surface area contributed by atoms with E-state index in [2.05, 4.69) is 11.0 Å². The van der Waals surface area contributed by atoms with Gasteiger partial charge in [-0.1, -0.05) is 11.6 Å². The van der Waals surface area contributed by atoms with Gasteiger partial charge in [-0.05, 0) is 32.0 Å². The fourth-order valence-corrected chi connectivity index (χ4v) is 1.95. The van der Waals surface area contributed by atoms with Crippen molar-refractivity contribution in [3.05, 3.63) is 28.8 Å². The predicted octanol–water partition coefficient (Wildman–Crippen LogP) is 3.28. The van der Waals surface area contributed by atoms with Gasteiger partial charge in [0.25, 0.3) is 0 Å². The molecule has 0 saturated carbocycles. The third kappa shape index (κ3) is 3.47. The lowest BCUT2D eigenvalue weighted by Crippen LogP contribution is -2.23. The second-order valence-corrected chi connectivity index (χ2v) is 4.12. The molecule has 1 rings (SSSR count). The van der Waals surface area contributed by atoms with Crippen LogP contribution in [0, 0.1) is 11.3 Å². The minimum absolute atomic E-state index is 0.0402. The average molecular weight is 251 g/mol. The van der Waals surface area contributed by atoms with Crippen LogP contribution in [0.4, 0.5) is 5.69 Å². The Morgan fingerprint density at radius 2 is 2.24 bits per heavy atom. The summed E-state index contributed by atoms with van der Waals surface area (Å²) in [6, 6.07) is 7.49. The molecule has 0 aromatic heterocycles. The zero-order chi connectivity index (χ0) is 12.8. The normalized spacial score (nSPS) is 9.76. The van der Waals surface area contributed by atoms with Gasteiger partial charge in [-0.3, -0.25) is 4.79 Å². The molecule has 1 aromatic rings. The third-order valence-corrected chi connectivity index (χ3v) is 2.89. The van der Waals surface area contributed by atoms with Crippen molar-refractivity contribution in [2.75, 3.05) is 18.0 Å². The van der Waals surface area contributed by atoms with Crippen LogP contribution < -0.4 is 4.90 Å². The van der Waals surface area contributed by atoms with Gasteiger partial charge in [0.2, 0.25) is 0 Å². The number of nitriles is 1. The molecule has 0 unspecified atom stereocenters. The van der Waals surface area contributed by atoms with Crippen LogP contribution in [0.5, 0.6) is 0 Å². The molecule has 90 valence electrons. The number of nitrogens with zero attached hydrogens (tertiary/aromatic N) is 2. The summed E-state index contributed by atoms with van der Waals surface area (Å²) < 4.78 is 0. The van der Waals surface area contributed by atoms with Crippen LogP contribution in [0.2, 0.25) is 5.02 Å². The fraction of sp³-hybridized carbons (Fsp3) is 0.385. The standard InChI is InChI=1S/C13H15ClN2O/c1-3-16(8-4-7-15)11-5-6-12(10(2)17)13(14)9-11/h5-6,9H,3-4,8H2,1-2H3. The summed E-state index contributed by atoms with van der Waals surface area (Å²) in [5.74, 6) is -0.0402. The van der Waals surface area contributed by atoms with Gasteiger partial charge in [-0.25, -0.2) is 0 Å². The van der Waals surface area contributed by atoms with E-state index in [9.17, 15) is 4.79 Å². The number of anilines is 1. The summed E-state index contributed by atoms with van der Waals surface area (Å²) >= 11 is 6.05. The maximum Gasteiger partial charge on any atom is 0.161 e. The molecule has 1 aromatic carbocycles. The molecule has 0 atom stereocenters. The summed E-state index contributed by atoms with van der Waals surface area (Å²) in [5, 5.41) is 9.05. The van der Waals surface area contributed by atoms with Gasteiger partial charge >= 0.3 is 0 Å². The molecule has 0 aliphatic carbocycles. The van der Waals surface area contributed by atoms with Crippen molar-refractivity contribution in [3.8, 4) is 6.07 Å². The lowest BCUT2D eigenvalue weighted by molar-refractivity contribution is 0.101. The summed E-state index contributed by atoms with van der Waals surface area (Å²) in [5.41, 5.74) is 1.48. The molecule has 0 saturated heterocycles. The Kier molecular flexibility index (Phi) is 4.99. The monoisotopic (exact) mass is 250 g/mol. The van der Waals surface area contributed by atoms with E-state index in [1.807, 2.05) is 13.0 Å². The first kappa shape index (κ1) is 13.5.